The molecule has 0 aliphatic heterocycles. The summed E-state index contributed by atoms with van der Waals surface area (Å²) in [7, 11) is 0. The molecule has 35 heavy (non-hydrogen) atoms. The third-order valence-electron chi connectivity index (χ3n) is 6.50. The van der Waals surface area contributed by atoms with Gasteiger partial charge in [-0.25, -0.2) is 18.7 Å². The molecule has 0 aliphatic carbocycles. The number of halogens is 2. The van der Waals surface area contributed by atoms with Crippen LogP contribution < -0.4 is 4.74 Å². The van der Waals surface area contributed by atoms with Gasteiger partial charge in [0.15, 0.2) is 11.6 Å². The molecule has 1 aromatic heterocycles. The maximum absolute atomic E-state index is 14.0. The molecule has 1 heterocycles. The van der Waals surface area contributed by atoms with E-state index in [2.05, 4.69) is 41.2 Å². The third kappa shape index (κ3) is 13.0. The molecular formula is C30H46F2N2O. The number of unbranched alkanes of at least 4 members (excludes halogenated alkanes) is 9. The Bertz CT molecular complexity index is 767. The first-order valence-corrected chi connectivity index (χ1v) is 13.9. The Morgan fingerprint density at radius 3 is 1.89 bits per heavy atom. The highest BCUT2D eigenvalue weighted by molar-refractivity contribution is 5.55. The molecule has 1 aromatic carbocycles. The zero-order valence-electron chi connectivity index (χ0n) is 22.0. The molecule has 0 saturated heterocycles. The molecule has 5 heteroatoms. The van der Waals surface area contributed by atoms with Gasteiger partial charge in [-0.2, -0.15) is 0 Å². The molecule has 0 fully saturated rings. The number of alkyl halides is 2. The second-order valence-electron chi connectivity index (χ2n) is 9.74. The van der Waals surface area contributed by atoms with E-state index in [1.807, 2.05) is 6.92 Å². The fourth-order valence-electron chi connectivity index (χ4n) is 4.20. The van der Waals surface area contributed by atoms with Crippen LogP contribution >= 0.6 is 0 Å². The summed E-state index contributed by atoms with van der Waals surface area (Å²) in [5.41, 5.74) is 2.30. The van der Waals surface area contributed by atoms with Crippen LogP contribution in [0, 0.1) is 0 Å². The van der Waals surface area contributed by atoms with Gasteiger partial charge in [0.05, 0.1) is 12.4 Å². The fraction of sp³-hybridized carbons (Fsp3) is 0.667. The minimum absolute atomic E-state index is 0.100. The maximum atomic E-state index is 14.0. The number of aromatic nitrogens is 2. The second-order valence-corrected chi connectivity index (χ2v) is 9.74. The van der Waals surface area contributed by atoms with Gasteiger partial charge >= 0.3 is 0 Å². The van der Waals surface area contributed by atoms with E-state index < -0.39 is 12.3 Å². The smallest absolute Gasteiger partial charge is 0.159 e. The molecule has 0 bridgehead atoms. The Morgan fingerprint density at radius 2 is 1.26 bits per heavy atom. The van der Waals surface area contributed by atoms with Crippen molar-refractivity contribution in [2.24, 2.45) is 0 Å². The van der Waals surface area contributed by atoms with Gasteiger partial charge in [0.1, 0.15) is 19.0 Å². The van der Waals surface area contributed by atoms with Crippen molar-refractivity contribution in [2.75, 3.05) is 6.61 Å². The van der Waals surface area contributed by atoms with E-state index in [-0.39, 0.29) is 19.4 Å². The fourth-order valence-corrected chi connectivity index (χ4v) is 4.20. The van der Waals surface area contributed by atoms with Crippen molar-refractivity contribution in [3.63, 3.8) is 0 Å². The van der Waals surface area contributed by atoms with Crippen LogP contribution in [-0.4, -0.2) is 28.9 Å². The van der Waals surface area contributed by atoms with Crippen molar-refractivity contribution < 1.29 is 13.5 Å². The molecule has 196 valence electrons. The molecule has 0 aliphatic rings. The first-order valence-electron chi connectivity index (χ1n) is 13.9. The minimum Gasteiger partial charge on any atom is -0.487 e. The third-order valence-corrected chi connectivity index (χ3v) is 6.50. The Kier molecular flexibility index (Phi) is 15.2. The van der Waals surface area contributed by atoms with Crippen molar-refractivity contribution in [2.45, 2.75) is 123 Å². The van der Waals surface area contributed by atoms with Gasteiger partial charge in [-0.3, -0.25) is 0 Å². The van der Waals surface area contributed by atoms with Crippen LogP contribution in [-0.2, 0) is 6.42 Å². The molecule has 0 N–H and O–H groups in total. The van der Waals surface area contributed by atoms with Crippen LogP contribution in [0.1, 0.15) is 109 Å². The molecule has 2 unspecified atom stereocenters. The summed E-state index contributed by atoms with van der Waals surface area (Å²) < 4.78 is 33.2. The lowest BCUT2D eigenvalue weighted by molar-refractivity contribution is 0.167. The average Bonchev–Trinajstić information content (AvgIpc) is 2.89. The van der Waals surface area contributed by atoms with Crippen LogP contribution in [0.5, 0.6) is 5.75 Å². The van der Waals surface area contributed by atoms with Gasteiger partial charge in [0.25, 0.3) is 0 Å². The van der Waals surface area contributed by atoms with Crippen LogP contribution in [0.15, 0.2) is 36.7 Å². The van der Waals surface area contributed by atoms with Crippen molar-refractivity contribution in [3.8, 4) is 17.1 Å². The topological polar surface area (TPSA) is 35.0 Å². The van der Waals surface area contributed by atoms with E-state index in [4.69, 9.17) is 4.74 Å². The van der Waals surface area contributed by atoms with E-state index in [0.717, 1.165) is 24.8 Å². The summed E-state index contributed by atoms with van der Waals surface area (Å²) >= 11 is 0. The normalized spacial score (nSPS) is 13.0. The van der Waals surface area contributed by atoms with E-state index in [1.165, 1.54) is 63.4 Å². The molecule has 3 nitrogen and oxygen atoms in total. The van der Waals surface area contributed by atoms with E-state index in [0.29, 0.717) is 18.0 Å². The minimum atomic E-state index is -1.19. The molecule has 0 saturated carbocycles. The predicted molar refractivity (Wildman–Crippen MR) is 142 cm³/mol. The molecular weight excluding hydrogens is 442 g/mol. The van der Waals surface area contributed by atoms with Gasteiger partial charge in [-0.05, 0) is 37.7 Å². The molecule has 0 amide bonds. The number of aryl methyl sites for hydroxylation is 1. The summed E-state index contributed by atoms with van der Waals surface area (Å²) in [6, 6.07) is 8.42. The highest BCUT2D eigenvalue weighted by atomic mass is 19.1. The Labute approximate surface area is 212 Å². The number of hydrogen-bond acceptors (Lipinski definition) is 3. The largest absolute Gasteiger partial charge is 0.487 e. The summed E-state index contributed by atoms with van der Waals surface area (Å²) in [4.78, 5) is 8.74. The highest BCUT2D eigenvalue weighted by Crippen LogP contribution is 2.20. The number of ether oxygens (including phenoxy) is 1. The lowest BCUT2D eigenvalue weighted by atomic mass is 10.0. The number of nitrogens with zero attached hydrogens (tertiary/aromatic N) is 2. The Morgan fingerprint density at radius 1 is 0.686 bits per heavy atom. The van der Waals surface area contributed by atoms with Crippen molar-refractivity contribution >= 4 is 0 Å². The Balaban J connectivity index is 1.64. The predicted octanol–water partition coefficient (Wildman–Crippen LogP) is 9.24. The van der Waals surface area contributed by atoms with Crippen LogP contribution in [0.25, 0.3) is 11.4 Å². The van der Waals surface area contributed by atoms with Crippen LogP contribution in [0.4, 0.5) is 8.78 Å². The molecule has 2 atom stereocenters. The number of hydrogen-bond donors (Lipinski definition) is 0. The van der Waals surface area contributed by atoms with Crippen LogP contribution in [0.2, 0.25) is 0 Å². The summed E-state index contributed by atoms with van der Waals surface area (Å²) in [5.74, 6) is 1.06. The Hall–Kier alpha value is -2.04. The monoisotopic (exact) mass is 488 g/mol. The lowest BCUT2D eigenvalue weighted by Crippen LogP contribution is -2.15. The standard InChI is InChI=1S/C30H46F2N2O/c1-3-5-7-8-9-10-11-12-13-14-25-16-18-26(19-17-25)30-33-22-29(23-34-30)35-24-28(32)21-20-27(31)15-6-4-2/h16-19,22-23,27-28H,3-15,20-21,24H2,1-2H3. The van der Waals surface area contributed by atoms with Crippen molar-refractivity contribution in [1.29, 1.82) is 0 Å². The van der Waals surface area contributed by atoms with E-state index in [1.54, 1.807) is 12.4 Å². The maximum Gasteiger partial charge on any atom is 0.159 e. The molecule has 2 rings (SSSR count). The second kappa shape index (κ2) is 18.3. The van der Waals surface area contributed by atoms with Gasteiger partial charge in [0.2, 0.25) is 0 Å². The quantitative estimate of drug-likeness (QED) is 0.174. The van der Waals surface area contributed by atoms with Gasteiger partial charge in [-0.15, -0.1) is 0 Å². The number of benzene rings is 1. The van der Waals surface area contributed by atoms with E-state index in [9.17, 15) is 8.78 Å². The molecule has 0 spiro atoms. The van der Waals surface area contributed by atoms with Crippen molar-refractivity contribution in [3.05, 3.63) is 42.2 Å². The average molecular weight is 489 g/mol. The lowest BCUT2D eigenvalue weighted by Gasteiger charge is -2.12. The van der Waals surface area contributed by atoms with E-state index >= 15 is 0 Å². The van der Waals surface area contributed by atoms with Gasteiger partial charge in [0, 0.05) is 5.56 Å². The molecule has 0 radical (unpaired) electrons. The first kappa shape index (κ1) is 29.2. The van der Waals surface area contributed by atoms with Crippen LogP contribution in [0.3, 0.4) is 0 Å². The first-order chi connectivity index (χ1) is 17.1. The number of rotatable bonds is 20. The zero-order chi connectivity index (χ0) is 25.1. The zero-order valence-corrected chi connectivity index (χ0v) is 22.0. The molecule has 2 aromatic rings. The summed E-state index contributed by atoms with van der Waals surface area (Å²) in [6.45, 7) is 4.19. The summed E-state index contributed by atoms with van der Waals surface area (Å²) in [6.07, 6.45) is 17.0. The van der Waals surface area contributed by atoms with Gasteiger partial charge in [-0.1, -0.05) is 102 Å². The van der Waals surface area contributed by atoms with Crippen molar-refractivity contribution in [1.82, 2.24) is 9.97 Å². The summed E-state index contributed by atoms with van der Waals surface area (Å²) in [5, 5.41) is 0. The van der Waals surface area contributed by atoms with Gasteiger partial charge < -0.3 is 4.74 Å². The highest BCUT2D eigenvalue weighted by Gasteiger charge is 2.13. The SMILES string of the molecule is CCCCCCCCCCCc1ccc(-c2ncc(OCC(F)CCC(F)CCCC)cn2)cc1.